The van der Waals surface area contributed by atoms with Gasteiger partial charge in [-0.05, 0) is 57.2 Å². The Bertz CT molecular complexity index is 705. The Balaban J connectivity index is 1.30. The monoisotopic (exact) mass is 373 g/mol. The summed E-state index contributed by atoms with van der Waals surface area (Å²) >= 11 is 0. The number of hydrogen-bond acceptors (Lipinski definition) is 6. The molecular weight excluding hydrogens is 342 g/mol. The lowest BCUT2D eigenvalue weighted by Gasteiger charge is -2.32. The summed E-state index contributed by atoms with van der Waals surface area (Å²) in [5.74, 6) is 4.21. The van der Waals surface area contributed by atoms with Crippen molar-refractivity contribution in [2.24, 2.45) is 5.92 Å². The van der Waals surface area contributed by atoms with Gasteiger partial charge in [-0.2, -0.15) is 4.98 Å². The molecule has 1 atom stereocenters. The molecule has 0 spiro atoms. The third-order valence-electron chi connectivity index (χ3n) is 5.84. The first-order valence-electron chi connectivity index (χ1n) is 10.5. The van der Waals surface area contributed by atoms with Crippen LogP contribution in [0.5, 0.6) is 0 Å². The van der Waals surface area contributed by atoms with Crippen molar-refractivity contribution in [1.29, 1.82) is 0 Å². The van der Waals surface area contributed by atoms with E-state index >= 15 is 0 Å². The molecule has 1 unspecified atom stereocenters. The van der Waals surface area contributed by atoms with E-state index in [4.69, 9.17) is 13.7 Å². The van der Waals surface area contributed by atoms with Crippen LogP contribution in [0.3, 0.4) is 0 Å². The standard InChI is InChI=1S/C21H31N3O3/c1-16-9-10-18(26-16)14-24-12-5-4-8-19(24)21-22-20(23-27-21)11-13-25-15-17-6-2-3-7-17/h9-10,17,19H,2-8,11-15H2,1H3. The fourth-order valence-electron chi connectivity index (χ4n) is 4.33. The smallest absolute Gasteiger partial charge is 0.244 e. The number of aromatic nitrogens is 2. The molecule has 1 saturated carbocycles. The van der Waals surface area contributed by atoms with E-state index in [2.05, 4.69) is 21.1 Å². The Morgan fingerprint density at radius 2 is 2.00 bits per heavy atom. The van der Waals surface area contributed by atoms with Gasteiger partial charge < -0.3 is 13.7 Å². The zero-order valence-corrected chi connectivity index (χ0v) is 16.4. The topological polar surface area (TPSA) is 64.5 Å². The summed E-state index contributed by atoms with van der Waals surface area (Å²) in [6, 6.07) is 4.26. The first kappa shape index (κ1) is 18.7. The maximum atomic E-state index is 5.83. The van der Waals surface area contributed by atoms with Crippen molar-refractivity contribution < 1.29 is 13.7 Å². The maximum absolute atomic E-state index is 5.83. The normalized spacial score (nSPS) is 21.9. The quantitative estimate of drug-likeness (QED) is 0.637. The molecule has 1 saturated heterocycles. The molecule has 6 nitrogen and oxygen atoms in total. The summed E-state index contributed by atoms with van der Waals surface area (Å²) in [4.78, 5) is 7.07. The molecule has 0 amide bonds. The Morgan fingerprint density at radius 1 is 1.15 bits per heavy atom. The third kappa shape index (κ3) is 4.99. The van der Waals surface area contributed by atoms with Crippen molar-refractivity contribution >= 4 is 0 Å². The van der Waals surface area contributed by atoms with E-state index in [-0.39, 0.29) is 6.04 Å². The highest BCUT2D eigenvalue weighted by Gasteiger charge is 2.29. The molecule has 1 aliphatic heterocycles. The van der Waals surface area contributed by atoms with Gasteiger partial charge in [0, 0.05) is 13.0 Å². The Labute approximate surface area is 161 Å². The minimum absolute atomic E-state index is 0.185. The van der Waals surface area contributed by atoms with Gasteiger partial charge in [-0.15, -0.1) is 0 Å². The summed E-state index contributed by atoms with van der Waals surface area (Å²) < 4.78 is 17.2. The molecule has 2 fully saturated rings. The molecule has 2 aromatic rings. The van der Waals surface area contributed by atoms with E-state index in [1.165, 1.54) is 38.5 Å². The minimum Gasteiger partial charge on any atom is -0.465 e. The number of aryl methyl sites for hydroxylation is 1. The highest BCUT2D eigenvalue weighted by atomic mass is 16.5. The molecule has 1 aliphatic carbocycles. The molecule has 0 radical (unpaired) electrons. The summed E-state index contributed by atoms with van der Waals surface area (Å²) in [5.41, 5.74) is 0. The molecule has 6 heteroatoms. The zero-order valence-electron chi connectivity index (χ0n) is 16.4. The SMILES string of the molecule is Cc1ccc(CN2CCCCC2c2nc(CCOCC3CCCC3)no2)o1. The molecule has 0 bridgehead atoms. The number of furan rings is 1. The molecule has 2 aromatic heterocycles. The van der Waals surface area contributed by atoms with Crippen LogP contribution in [0.1, 0.15) is 74.2 Å². The van der Waals surface area contributed by atoms with Crippen molar-refractivity contribution in [2.45, 2.75) is 70.9 Å². The summed E-state index contributed by atoms with van der Waals surface area (Å²) in [6.07, 6.45) is 9.53. The van der Waals surface area contributed by atoms with Gasteiger partial charge in [-0.25, -0.2) is 0 Å². The molecule has 0 N–H and O–H groups in total. The average Bonchev–Trinajstić information content (AvgIpc) is 3.42. The number of nitrogens with zero attached hydrogens (tertiary/aromatic N) is 3. The summed E-state index contributed by atoms with van der Waals surface area (Å²) in [6.45, 7) is 5.36. The highest BCUT2D eigenvalue weighted by Crippen LogP contribution is 2.31. The van der Waals surface area contributed by atoms with Crippen LogP contribution in [0, 0.1) is 12.8 Å². The fraction of sp³-hybridized carbons (Fsp3) is 0.714. The van der Waals surface area contributed by atoms with Crippen LogP contribution < -0.4 is 0 Å². The maximum Gasteiger partial charge on any atom is 0.244 e. The zero-order chi connectivity index (χ0) is 18.5. The predicted molar refractivity (Wildman–Crippen MR) is 101 cm³/mol. The van der Waals surface area contributed by atoms with Crippen molar-refractivity contribution in [3.63, 3.8) is 0 Å². The molecular formula is C21H31N3O3. The van der Waals surface area contributed by atoms with Gasteiger partial charge >= 0.3 is 0 Å². The average molecular weight is 373 g/mol. The van der Waals surface area contributed by atoms with Crippen LogP contribution in [0.15, 0.2) is 21.1 Å². The molecule has 3 heterocycles. The van der Waals surface area contributed by atoms with Crippen molar-refractivity contribution in [3.8, 4) is 0 Å². The summed E-state index contributed by atoms with van der Waals surface area (Å²) in [7, 11) is 0. The lowest BCUT2D eigenvalue weighted by Crippen LogP contribution is -2.33. The van der Waals surface area contributed by atoms with Crippen molar-refractivity contribution in [3.05, 3.63) is 35.4 Å². The second kappa shape index (κ2) is 9.02. The van der Waals surface area contributed by atoms with Gasteiger partial charge in [-0.1, -0.05) is 24.4 Å². The van der Waals surface area contributed by atoms with Crippen LogP contribution in [-0.2, 0) is 17.7 Å². The Morgan fingerprint density at radius 3 is 2.81 bits per heavy atom. The lowest BCUT2D eigenvalue weighted by atomic mass is 10.0. The Hall–Kier alpha value is -1.66. The van der Waals surface area contributed by atoms with Crippen LogP contribution >= 0.6 is 0 Å². The van der Waals surface area contributed by atoms with E-state index in [0.29, 0.717) is 6.61 Å². The molecule has 4 rings (SSSR count). The number of hydrogen-bond donors (Lipinski definition) is 0. The van der Waals surface area contributed by atoms with E-state index < -0.39 is 0 Å². The lowest BCUT2D eigenvalue weighted by molar-refractivity contribution is 0.102. The Kier molecular flexibility index (Phi) is 6.24. The van der Waals surface area contributed by atoms with Gasteiger partial charge in [0.1, 0.15) is 11.5 Å². The van der Waals surface area contributed by atoms with Crippen LogP contribution in [0.25, 0.3) is 0 Å². The van der Waals surface area contributed by atoms with Gasteiger partial charge in [0.2, 0.25) is 5.89 Å². The number of likely N-dealkylation sites (tertiary alicyclic amines) is 1. The van der Waals surface area contributed by atoms with E-state index in [1.807, 2.05) is 13.0 Å². The molecule has 148 valence electrons. The van der Waals surface area contributed by atoms with E-state index in [9.17, 15) is 0 Å². The van der Waals surface area contributed by atoms with Crippen LogP contribution in [0.4, 0.5) is 0 Å². The molecule has 27 heavy (non-hydrogen) atoms. The first-order valence-corrected chi connectivity index (χ1v) is 10.5. The van der Waals surface area contributed by atoms with E-state index in [0.717, 1.165) is 61.7 Å². The second-order valence-electron chi connectivity index (χ2n) is 8.02. The van der Waals surface area contributed by atoms with E-state index in [1.54, 1.807) is 0 Å². The predicted octanol–water partition coefficient (Wildman–Crippen LogP) is 4.45. The van der Waals surface area contributed by atoms with Gasteiger partial charge in [-0.3, -0.25) is 4.90 Å². The van der Waals surface area contributed by atoms with Crippen molar-refractivity contribution in [2.75, 3.05) is 19.8 Å². The second-order valence-corrected chi connectivity index (χ2v) is 8.02. The van der Waals surface area contributed by atoms with Crippen molar-refractivity contribution in [1.82, 2.24) is 15.0 Å². The largest absolute Gasteiger partial charge is 0.465 e. The molecule has 2 aliphatic rings. The van der Waals surface area contributed by atoms with Crippen LogP contribution in [-0.4, -0.2) is 34.8 Å². The number of rotatable bonds is 8. The third-order valence-corrected chi connectivity index (χ3v) is 5.84. The number of piperidine rings is 1. The van der Waals surface area contributed by atoms with Gasteiger partial charge in [0.25, 0.3) is 0 Å². The van der Waals surface area contributed by atoms with Gasteiger partial charge in [0.05, 0.1) is 19.2 Å². The fourth-order valence-corrected chi connectivity index (χ4v) is 4.33. The molecule has 0 aromatic carbocycles. The highest BCUT2D eigenvalue weighted by molar-refractivity contribution is 5.06. The minimum atomic E-state index is 0.185. The van der Waals surface area contributed by atoms with Gasteiger partial charge in [0.15, 0.2) is 5.82 Å². The first-order chi connectivity index (χ1) is 13.3. The number of ether oxygens (including phenoxy) is 1. The van der Waals surface area contributed by atoms with Crippen LogP contribution in [0.2, 0.25) is 0 Å². The summed E-state index contributed by atoms with van der Waals surface area (Å²) in [5, 5.41) is 4.19.